The van der Waals surface area contributed by atoms with Crippen molar-refractivity contribution >= 4 is 11.9 Å². The van der Waals surface area contributed by atoms with E-state index in [1.807, 2.05) is 18.2 Å². The van der Waals surface area contributed by atoms with Crippen LogP contribution in [0, 0.1) is 11.8 Å². The van der Waals surface area contributed by atoms with Crippen LogP contribution in [0.25, 0.3) is 0 Å². The van der Waals surface area contributed by atoms with Crippen LogP contribution in [0.15, 0.2) is 18.2 Å². The van der Waals surface area contributed by atoms with Crippen molar-refractivity contribution in [3.8, 4) is 11.5 Å². The molecule has 1 aromatic carbocycles. The predicted molar refractivity (Wildman–Crippen MR) is 81.9 cm³/mol. The quantitative estimate of drug-likeness (QED) is 0.750. The average molecular weight is 319 g/mol. The molecule has 0 bridgehead atoms. The van der Waals surface area contributed by atoms with Gasteiger partial charge < -0.3 is 19.1 Å². The molecule has 6 nitrogen and oxygen atoms in total. The van der Waals surface area contributed by atoms with E-state index >= 15 is 0 Å². The van der Waals surface area contributed by atoms with Crippen molar-refractivity contribution in [2.45, 2.75) is 26.8 Å². The molecule has 1 saturated carbocycles. The van der Waals surface area contributed by atoms with E-state index in [0.717, 1.165) is 17.7 Å². The summed E-state index contributed by atoms with van der Waals surface area (Å²) in [6, 6.07) is 5.68. The third kappa shape index (κ3) is 3.57. The lowest BCUT2D eigenvalue weighted by molar-refractivity contribution is -0.145. The van der Waals surface area contributed by atoms with Crippen molar-refractivity contribution in [2.75, 3.05) is 19.9 Å². The molecule has 124 valence electrons. The zero-order valence-corrected chi connectivity index (χ0v) is 13.4. The van der Waals surface area contributed by atoms with E-state index in [1.54, 1.807) is 18.7 Å². The number of hydrogen-bond donors (Lipinski definition) is 0. The highest BCUT2D eigenvalue weighted by atomic mass is 16.7. The Morgan fingerprint density at radius 2 is 2.09 bits per heavy atom. The Hall–Kier alpha value is -2.24. The normalized spacial score (nSPS) is 21.0. The van der Waals surface area contributed by atoms with Crippen molar-refractivity contribution in [1.29, 1.82) is 0 Å². The molecule has 0 saturated heterocycles. The molecule has 1 aromatic rings. The van der Waals surface area contributed by atoms with Crippen molar-refractivity contribution < 1.29 is 23.8 Å². The lowest BCUT2D eigenvalue weighted by atomic mass is 10.1. The zero-order valence-electron chi connectivity index (χ0n) is 13.4. The Balaban J connectivity index is 1.60. The van der Waals surface area contributed by atoms with Gasteiger partial charge in [-0.1, -0.05) is 6.07 Å². The minimum atomic E-state index is -0.149. The molecule has 6 heteroatoms. The Bertz CT molecular complexity index is 615. The average Bonchev–Trinajstić information content (AvgIpc) is 3.13. The number of hydrogen-bond acceptors (Lipinski definition) is 5. The number of nitrogens with zero attached hydrogens (tertiary/aromatic N) is 1. The maximum atomic E-state index is 11.9. The van der Waals surface area contributed by atoms with E-state index in [-0.39, 0.29) is 30.5 Å². The number of carbonyl (C=O) groups excluding carboxylic acids is 2. The molecule has 23 heavy (non-hydrogen) atoms. The van der Waals surface area contributed by atoms with Crippen LogP contribution in [0.2, 0.25) is 0 Å². The summed E-state index contributed by atoms with van der Waals surface area (Å²) in [7, 11) is 0. The molecule has 1 heterocycles. The molecule has 1 fully saturated rings. The van der Waals surface area contributed by atoms with Crippen molar-refractivity contribution in [3.05, 3.63) is 23.8 Å². The Morgan fingerprint density at radius 3 is 2.83 bits per heavy atom. The summed E-state index contributed by atoms with van der Waals surface area (Å²) < 4.78 is 15.7. The van der Waals surface area contributed by atoms with E-state index < -0.39 is 0 Å². The van der Waals surface area contributed by atoms with E-state index in [9.17, 15) is 9.59 Å². The fraction of sp³-hybridized carbons (Fsp3) is 0.529. The summed E-state index contributed by atoms with van der Waals surface area (Å²) in [5.41, 5.74) is 0.984. The fourth-order valence-electron chi connectivity index (χ4n) is 2.83. The molecule has 0 spiro atoms. The molecule has 0 N–H and O–H groups in total. The largest absolute Gasteiger partial charge is 0.466 e. The van der Waals surface area contributed by atoms with Gasteiger partial charge in [-0.25, -0.2) is 0 Å². The maximum absolute atomic E-state index is 11.9. The van der Waals surface area contributed by atoms with Crippen LogP contribution in [-0.2, 0) is 20.9 Å². The van der Waals surface area contributed by atoms with Crippen molar-refractivity contribution in [2.24, 2.45) is 11.8 Å². The molecule has 0 unspecified atom stereocenters. The third-order valence-electron chi connectivity index (χ3n) is 4.22. The van der Waals surface area contributed by atoms with Gasteiger partial charge in [-0.3, -0.25) is 9.59 Å². The van der Waals surface area contributed by atoms with Gasteiger partial charge in [-0.2, -0.15) is 0 Å². The summed E-state index contributed by atoms with van der Waals surface area (Å²) in [4.78, 5) is 25.4. The molecule has 1 aliphatic carbocycles. The standard InChI is InChI=1S/C17H21NO5/c1-3-21-17(20)14-7-13(14)9-18(11(2)19)8-12-4-5-15-16(6-12)23-10-22-15/h4-6,13-14H,3,7-10H2,1-2H3/t13-,14-/m1/s1. The predicted octanol–water partition coefficient (Wildman–Crippen LogP) is 1.96. The first-order chi connectivity index (χ1) is 11.1. The van der Waals surface area contributed by atoms with Gasteiger partial charge in [0.15, 0.2) is 11.5 Å². The number of fused-ring (bicyclic) bond motifs is 1. The SMILES string of the molecule is CCOC(=O)[C@@H]1C[C@@H]1CN(Cc1ccc2c(c1)OCO2)C(C)=O. The minimum Gasteiger partial charge on any atom is -0.466 e. The van der Waals surface area contributed by atoms with Crippen LogP contribution in [0.4, 0.5) is 0 Å². The van der Waals surface area contributed by atoms with Crippen molar-refractivity contribution in [3.63, 3.8) is 0 Å². The Kier molecular flexibility index (Phi) is 4.41. The van der Waals surface area contributed by atoms with Gasteiger partial charge in [-0.15, -0.1) is 0 Å². The van der Waals surface area contributed by atoms with Gasteiger partial charge in [0.25, 0.3) is 0 Å². The van der Waals surface area contributed by atoms with Crippen LogP contribution >= 0.6 is 0 Å². The van der Waals surface area contributed by atoms with Gasteiger partial charge in [0.2, 0.25) is 12.7 Å². The fourth-order valence-corrected chi connectivity index (χ4v) is 2.83. The highest BCUT2D eigenvalue weighted by Gasteiger charge is 2.45. The second kappa shape index (κ2) is 6.48. The third-order valence-corrected chi connectivity index (χ3v) is 4.22. The van der Waals surface area contributed by atoms with Crippen LogP contribution in [-0.4, -0.2) is 36.7 Å². The summed E-state index contributed by atoms with van der Waals surface area (Å²) in [5, 5.41) is 0. The van der Waals surface area contributed by atoms with Gasteiger partial charge in [0.05, 0.1) is 12.5 Å². The van der Waals surface area contributed by atoms with Crippen molar-refractivity contribution in [1.82, 2.24) is 4.90 Å². The van der Waals surface area contributed by atoms with Gasteiger partial charge in [0.1, 0.15) is 0 Å². The minimum absolute atomic E-state index is 0.00262. The highest BCUT2D eigenvalue weighted by Crippen LogP contribution is 2.40. The first-order valence-corrected chi connectivity index (χ1v) is 7.89. The molecule has 2 atom stereocenters. The summed E-state index contributed by atoms with van der Waals surface area (Å²) in [6.45, 7) is 5.06. The second-order valence-electron chi connectivity index (χ2n) is 5.94. The number of carbonyl (C=O) groups is 2. The smallest absolute Gasteiger partial charge is 0.309 e. The number of ether oxygens (including phenoxy) is 3. The Morgan fingerprint density at radius 1 is 1.30 bits per heavy atom. The number of rotatable bonds is 6. The molecular weight excluding hydrogens is 298 g/mol. The van der Waals surface area contributed by atoms with E-state index in [1.165, 1.54) is 0 Å². The van der Waals surface area contributed by atoms with Gasteiger partial charge >= 0.3 is 5.97 Å². The lowest BCUT2D eigenvalue weighted by Crippen LogP contribution is -2.31. The summed E-state index contributed by atoms with van der Waals surface area (Å²) in [6.07, 6.45) is 0.795. The molecule has 3 rings (SSSR count). The van der Waals surface area contributed by atoms with E-state index in [4.69, 9.17) is 14.2 Å². The van der Waals surface area contributed by atoms with Crippen LogP contribution < -0.4 is 9.47 Å². The van der Waals surface area contributed by atoms with Gasteiger partial charge in [-0.05, 0) is 37.0 Å². The second-order valence-corrected chi connectivity index (χ2v) is 5.94. The van der Waals surface area contributed by atoms with Crippen LogP contribution in [0.1, 0.15) is 25.8 Å². The molecule has 1 aliphatic heterocycles. The monoisotopic (exact) mass is 319 g/mol. The first kappa shape index (κ1) is 15.6. The van der Waals surface area contributed by atoms with E-state index in [2.05, 4.69) is 0 Å². The molecule has 1 amide bonds. The molecule has 0 radical (unpaired) electrons. The zero-order chi connectivity index (χ0) is 16.4. The summed E-state index contributed by atoms with van der Waals surface area (Å²) >= 11 is 0. The van der Waals surface area contributed by atoms with E-state index in [0.29, 0.717) is 25.4 Å². The topological polar surface area (TPSA) is 65.1 Å². The van der Waals surface area contributed by atoms with Crippen LogP contribution in [0.3, 0.4) is 0 Å². The lowest BCUT2D eigenvalue weighted by Gasteiger charge is -2.21. The number of esters is 1. The summed E-state index contributed by atoms with van der Waals surface area (Å²) in [5.74, 6) is 1.43. The van der Waals surface area contributed by atoms with Gasteiger partial charge in [0, 0.05) is 20.0 Å². The molecule has 0 aromatic heterocycles. The molecular formula is C17H21NO5. The first-order valence-electron chi connectivity index (χ1n) is 7.89. The number of benzene rings is 1. The highest BCUT2D eigenvalue weighted by molar-refractivity contribution is 5.76. The number of amides is 1. The Labute approximate surface area is 135 Å². The maximum Gasteiger partial charge on any atom is 0.309 e. The van der Waals surface area contributed by atoms with Crippen LogP contribution in [0.5, 0.6) is 11.5 Å². The molecule has 2 aliphatic rings.